The van der Waals surface area contributed by atoms with Crippen molar-refractivity contribution in [3.05, 3.63) is 35.4 Å². The molecule has 0 saturated heterocycles. The number of hydrogen-bond acceptors (Lipinski definition) is 2. The average molecular weight is 283 g/mol. The Bertz CT molecular complexity index is 482. The third-order valence-electron chi connectivity index (χ3n) is 2.65. The van der Waals surface area contributed by atoms with Crippen LogP contribution in [-0.2, 0) is 16.3 Å². The van der Waals surface area contributed by atoms with Gasteiger partial charge >= 0.3 is 0 Å². The fraction of sp³-hybridized carbons (Fsp3) is 0.455. The second-order valence-corrected chi connectivity index (χ2v) is 6.92. The maximum Gasteiger partial charge on any atom is 0.151 e. The molecule has 6 heteroatoms. The lowest BCUT2D eigenvalue weighted by Crippen LogP contribution is -2.28. The van der Waals surface area contributed by atoms with Gasteiger partial charge in [-0.15, -0.1) is 11.6 Å². The van der Waals surface area contributed by atoms with Crippen molar-refractivity contribution in [1.29, 1.82) is 0 Å². The predicted molar refractivity (Wildman–Crippen MR) is 64.0 cm³/mol. The minimum absolute atomic E-state index is 0.158. The molecule has 0 bridgehead atoms. The molecule has 0 spiro atoms. The first-order valence-corrected chi connectivity index (χ1v) is 7.38. The van der Waals surface area contributed by atoms with Gasteiger partial charge in [0.2, 0.25) is 0 Å². The fourth-order valence-corrected chi connectivity index (χ4v) is 2.70. The van der Waals surface area contributed by atoms with Crippen LogP contribution in [0.4, 0.5) is 8.78 Å². The molecule has 96 valence electrons. The van der Waals surface area contributed by atoms with E-state index in [-0.39, 0.29) is 12.0 Å². The Morgan fingerprint density at radius 1 is 1.29 bits per heavy atom. The van der Waals surface area contributed by atoms with E-state index in [0.717, 1.165) is 18.4 Å². The number of benzene rings is 1. The Kier molecular flexibility index (Phi) is 4.49. The summed E-state index contributed by atoms with van der Waals surface area (Å²) in [6, 6.07) is 3.48. The smallest absolute Gasteiger partial charge is 0.151 e. The molecule has 1 aromatic rings. The van der Waals surface area contributed by atoms with Crippen LogP contribution < -0.4 is 0 Å². The van der Waals surface area contributed by atoms with Crippen LogP contribution in [0, 0.1) is 11.6 Å². The van der Waals surface area contributed by atoms with E-state index in [0.29, 0.717) is 0 Å². The number of rotatable bonds is 4. The molecule has 2 atom stereocenters. The molecule has 0 aromatic heterocycles. The van der Waals surface area contributed by atoms with Gasteiger partial charge in [-0.25, -0.2) is 17.2 Å². The SMILES string of the molecule is CC(C(Cl)Cc1c(F)cccc1F)S(C)(=O)=O. The summed E-state index contributed by atoms with van der Waals surface area (Å²) < 4.78 is 49.2. The van der Waals surface area contributed by atoms with Gasteiger partial charge in [-0.2, -0.15) is 0 Å². The lowest BCUT2D eigenvalue weighted by Gasteiger charge is -2.16. The summed E-state index contributed by atoms with van der Waals surface area (Å²) in [5.74, 6) is -1.42. The number of alkyl halides is 1. The quantitative estimate of drug-likeness (QED) is 0.796. The van der Waals surface area contributed by atoms with Crippen molar-refractivity contribution < 1.29 is 17.2 Å². The van der Waals surface area contributed by atoms with Crippen molar-refractivity contribution in [3.63, 3.8) is 0 Å². The second kappa shape index (κ2) is 5.31. The highest BCUT2D eigenvalue weighted by Crippen LogP contribution is 2.20. The first-order valence-electron chi connectivity index (χ1n) is 4.99. The average Bonchev–Trinajstić information content (AvgIpc) is 2.21. The molecule has 2 unspecified atom stereocenters. The Morgan fingerprint density at radius 2 is 1.76 bits per heavy atom. The van der Waals surface area contributed by atoms with Gasteiger partial charge in [0.05, 0.1) is 10.6 Å². The van der Waals surface area contributed by atoms with Crippen molar-refractivity contribution in [3.8, 4) is 0 Å². The zero-order valence-electron chi connectivity index (χ0n) is 9.45. The maximum atomic E-state index is 13.3. The standard InChI is InChI=1S/C11H13ClF2O2S/c1-7(17(2,15)16)9(12)6-8-10(13)4-3-5-11(8)14/h3-5,7,9H,6H2,1-2H3. The van der Waals surface area contributed by atoms with E-state index in [4.69, 9.17) is 11.6 Å². The second-order valence-electron chi connectivity index (χ2n) is 3.95. The van der Waals surface area contributed by atoms with Crippen molar-refractivity contribution in [1.82, 2.24) is 0 Å². The number of hydrogen-bond donors (Lipinski definition) is 0. The van der Waals surface area contributed by atoms with E-state index in [1.807, 2.05) is 0 Å². The van der Waals surface area contributed by atoms with Crippen LogP contribution in [0.15, 0.2) is 18.2 Å². The molecule has 0 N–H and O–H groups in total. The summed E-state index contributed by atoms with van der Waals surface area (Å²) in [7, 11) is -3.32. The van der Waals surface area contributed by atoms with E-state index in [2.05, 4.69) is 0 Å². The van der Waals surface area contributed by atoms with Crippen LogP contribution in [0.2, 0.25) is 0 Å². The largest absolute Gasteiger partial charge is 0.229 e. The Morgan fingerprint density at radius 3 is 2.18 bits per heavy atom. The molecular formula is C11H13ClF2O2S. The first-order chi connectivity index (χ1) is 7.73. The van der Waals surface area contributed by atoms with Gasteiger partial charge in [0.15, 0.2) is 9.84 Å². The Balaban J connectivity index is 2.92. The molecule has 0 aliphatic heterocycles. The minimum atomic E-state index is -3.32. The summed E-state index contributed by atoms with van der Waals surface area (Å²) in [6.45, 7) is 1.42. The van der Waals surface area contributed by atoms with Crippen LogP contribution in [0.5, 0.6) is 0 Å². The molecule has 0 aliphatic carbocycles. The van der Waals surface area contributed by atoms with Crippen molar-refractivity contribution in [2.24, 2.45) is 0 Å². The third kappa shape index (κ3) is 3.64. The normalized spacial score (nSPS) is 15.6. The summed E-state index contributed by atoms with van der Waals surface area (Å²) in [6.07, 6.45) is 0.888. The molecular weight excluding hydrogens is 270 g/mol. The highest BCUT2D eigenvalue weighted by atomic mass is 35.5. The molecule has 0 amide bonds. The third-order valence-corrected chi connectivity index (χ3v) is 5.01. The van der Waals surface area contributed by atoms with E-state index in [1.54, 1.807) is 0 Å². The molecule has 1 rings (SSSR count). The predicted octanol–water partition coefficient (Wildman–Crippen LogP) is 2.55. The molecule has 0 heterocycles. The fourth-order valence-electron chi connectivity index (χ4n) is 1.36. The highest BCUT2D eigenvalue weighted by molar-refractivity contribution is 7.91. The molecule has 2 nitrogen and oxygen atoms in total. The van der Waals surface area contributed by atoms with E-state index >= 15 is 0 Å². The Hall–Kier alpha value is -0.680. The monoisotopic (exact) mass is 282 g/mol. The van der Waals surface area contributed by atoms with Crippen LogP contribution in [-0.4, -0.2) is 25.3 Å². The minimum Gasteiger partial charge on any atom is -0.229 e. The Labute approximate surface area is 105 Å². The summed E-state index contributed by atoms with van der Waals surface area (Å²) >= 11 is 5.88. The van der Waals surface area contributed by atoms with Gasteiger partial charge in [0.25, 0.3) is 0 Å². The van der Waals surface area contributed by atoms with Gasteiger partial charge in [-0.1, -0.05) is 6.07 Å². The van der Waals surface area contributed by atoms with Gasteiger partial charge in [0, 0.05) is 11.8 Å². The first kappa shape index (κ1) is 14.4. The topological polar surface area (TPSA) is 34.1 Å². The van der Waals surface area contributed by atoms with Crippen LogP contribution >= 0.6 is 11.6 Å². The van der Waals surface area contributed by atoms with Gasteiger partial charge in [0.1, 0.15) is 11.6 Å². The van der Waals surface area contributed by atoms with E-state index < -0.39 is 32.1 Å². The molecule has 0 aliphatic rings. The molecule has 0 fully saturated rings. The summed E-state index contributed by atoms with van der Waals surface area (Å²) in [5.41, 5.74) is -0.178. The van der Waals surface area contributed by atoms with Gasteiger partial charge in [-0.3, -0.25) is 0 Å². The molecule has 17 heavy (non-hydrogen) atoms. The van der Waals surface area contributed by atoms with Crippen molar-refractivity contribution in [2.45, 2.75) is 24.0 Å². The number of halogens is 3. The van der Waals surface area contributed by atoms with Crippen LogP contribution in [0.3, 0.4) is 0 Å². The molecule has 0 radical (unpaired) electrons. The number of sulfone groups is 1. The van der Waals surface area contributed by atoms with Crippen molar-refractivity contribution >= 4 is 21.4 Å². The lowest BCUT2D eigenvalue weighted by molar-refractivity contribution is 0.545. The zero-order valence-corrected chi connectivity index (χ0v) is 11.0. The van der Waals surface area contributed by atoms with E-state index in [9.17, 15) is 17.2 Å². The molecule has 1 aromatic carbocycles. The summed E-state index contributed by atoms with van der Waals surface area (Å²) in [4.78, 5) is 0. The van der Waals surface area contributed by atoms with Crippen LogP contribution in [0.25, 0.3) is 0 Å². The van der Waals surface area contributed by atoms with E-state index in [1.165, 1.54) is 13.0 Å². The van der Waals surface area contributed by atoms with Crippen LogP contribution in [0.1, 0.15) is 12.5 Å². The highest BCUT2D eigenvalue weighted by Gasteiger charge is 2.26. The van der Waals surface area contributed by atoms with Gasteiger partial charge < -0.3 is 0 Å². The lowest BCUT2D eigenvalue weighted by atomic mass is 10.1. The zero-order chi connectivity index (χ0) is 13.2. The van der Waals surface area contributed by atoms with Gasteiger partial charge in [-0.05, 0) is 25.5 Å². The maximum absolute atomic E-state index is 13.3. The summed E-state index contributed by atoms with van der Waals surface area (Å²) in [5, 5.41) is -1.72. The molecule has 0 saturated carbocycles. The van der Waals surface area contributed by atoms with Crippen molar-refractivity contribution in [2.75, 3.05) is 6.26 Å².